The molecule has 1 fully saturated rings. The van der Waals surface area contributed by atoms with Crippen molar-refractivity contribution in [2.24, 2.45) is 10.9 Å². The summed E-state index contributed by atoms with van der Waals surface area (Å²) < 4.78 is 23.8. The fourth-order valence-corrected chi connectivity index (χ4v) is 4.09. The number of methoxy groups -OCH3 is 1. The third-order valence-electron chi connectivity index (χ3n) is 5.86. The number of benzene rings is 2. The summed E-state index contributed by atoms with van der Waals surface area (Å²) in [6.45, 7) is 4.61. The van der Waals surface area contributed by atoms with Gasteiger partial charge >= 0.3 is 5.97 Å². The minimum Gasteiger partial charge on any atom is -0.497 e. The van der Waals surface area contributed by atoms with E-state index in [1.807, 2.05) is 29.2 Å². The Kier molecular flexibility index (Phi) is 6.76. The molecule has 0 saturated carbocycles. The third kappa shape index (κ3) is 4.92. The Morgan fingerprint density at radius 2 is 1.70 bits per heavy atom. The lowest BCUT2D eigenvalue weighted by Crippen LogP contribution is -2.57. The van der Waals surface area contributed by atoms with E-state index in [9.17, 15) is 14.0 Å². The second-order valence-electron chi connectivity index (χ2n) is 7.84. The maximum Gasteiger partial charge on any atom is 0.321 e. The minimum atomic E-state index is -1.13. The summed E-state index contributed by atoms with van der Waals surface area (Å²) in [5.74, 6) is -1.41. The molecule has 1 amide bonds. The molecule has 2 aromatic rings. The van der Waals surface area contributed by atoms with Gasteiger partial charge in [0.05, 0.1) is 13.7 Å². The van der Waals surface area contributed by atoms with Gasteiger partial charge in [0, 0.05) is 31.9 Å². The summed E-state index contributed by atoms with van der Waals surface area (Å²) in [7, 11) is 1.64. The van der Waals surface area contributed by atoms with Gasteiger partial charge in [0.25, 0.3) is 0 Å². The first-order valence-corrected chi connectivity index (χ1v) is 10.9. The van der Waals surface area contributed by atoms with Crippen LogP contribution in [0.3, 0.4) is 0 Å². The molecule has 0 radical (unpaired) electrons. The molecule has 2 heterocycles. The van der Waals surface area contributed by atoms with Crippen molar-refractivity contribution >= 4 is 23.5 Å². The molecule has 0 aromatic heterocycles. The van der Waals surface area contributed by atoms with Crippen LogP contribution in [0.25, 0.3) is 0 Å². The van der Waals surface area contributed by atoms with Crippen molar-refractivity contribution in [3.05, 3.63) is 59.9 Å². The number of ether oxygens (including phenoxy) is 2. The van der Waals surface area contributed by atoms with Crippen LogP contribution in [0.15, 0.2) is 53.5 Å². The van der Waals surface area contributed by atoms with E-state index in [1.54, 1.807) is 26.2 Å². The normalized spacial score (nSPS) is 20.7. The zero-order valence-electron chi connectivity index (χ0n) is 18.7. The van der Waals surface area contributed by atoms with Crippen LogP contribution in [0.1, 0.15) is 18.5 Å². The molecule has 2 aliphatic rings. The largest absolute Gasteiger partial charge is 0.497 e. The van der Waals surface area contributed by atoms with Crippen molar-refractivity contribution in [1.29, 1.82) is 0 Å². The number of rotatable bonds is 5. The van der Waals surface area contributed by atoms with Gasteiger partial charge in [-0.15, -0.1) is 0 Å². The van der Waals surface area contributed by atoms with Gasteiger partial charge in [-0.25, -0.2) is 9.38 Å². The fraction of sp³-hybridized carbons (Fsp3) is 0.375. The van der Waals surface area contributed by atoms with Crippen LogP contribution in [0.5, 0.6) is 5.75 Å². The molecular weight excluding hydrogens is 427 g/mol. The van der Waals surface area contributed by atoms with E-state index in [4.69, 9.17) is 14.5 Å². The lowest BCUT2D eigenvalue weighted by molar-refractivity contribution is -0.153. The molecule has 2 aromatic carbocycles. The van der Waals surface area contributed by atoms with Crippen molar-refractivity contribution < 1.29 is 23.5 Å². The van der Waals surface area contributed by atoms with Crippen molar-refractivity contribution in [1.82, 2.24) is 10.2 Å². The number of hydrogen-bond donors (Lipinski definition) is 1. The number of nitrogens with one attached hydrogen (secondary N) is 1. The molecular formula is C24H27FN4O4. The quantitative estimate of drug-likeness (QED) is 0.552. The predicted molar refractivity (Wildman–Crippen MR) is 122 cm³/mol. The van der Waals surface area contributed by atoms with Crippen LogP contribution in [0.4, 0.5) is 10.1 Å². The van der Waals surface area contributed by atoms with E-state index in [-0.39, 0.29) is 6.61 Å². The van der Waals surface area contributed by atoms with Gasteiger partial charge < -0.3 is 19.3 Å². The van der Waals surface area contributed by atoms with E-state index < -0.39 is 29.7 Å². The first-order valence-electron chi connectivity index (χ1n) is 10.9. The first kappa shape index (κ1) is 22.6. The highest BCUT2D eigenvalue weighted by Gasteiger charge is 2.42. The van der Waals surface area contributed by atoms with Crippen LogP contribution in [0, 0.1) is 11.7 Å². The van der Waals surface area contributed by atoms with Gasteiger partial charge in [-0.3, -0.25) is 14.9 Å². The van der Waals surface area contributed by atoms with E-state index in [0.29, 0.717) is 24.6 Å². The molecule has 4 rings (SSSR count). The Morgan fingerprint density at radius 3 is 2.30 bits per heavy atom. The number of carbonyl (C=O) groups is 2. The summed E-state index contributed by atoms with van der Waals surface area (Å²) >= 11 is 0. The molecule has 33 heavy (non-hydrogen) atoms. The predicted octanol–water partition coefficient (Wildman–Crippen LogP) is 2.36. The fourth-order valence-electron chi connectivity index (χ4n) is 4.09. The summed E-state index contributed by atoms with van der Waals surface area (Å²) in [6, 6.07) is 12.8. The summed E-state index contributed by atoms with van der Waals surface area (Å²) in [6.07, 6.45) is 0. The molecule has 0 bridgehead atoms. The Labute approximate surface area is 192 Å². The monoisotopic (exact) mass is 454 g/mol. The number of hydrogen-bond acceptors (Lipinski definition) is 7. The standard InChI is InChI=1S/C24H27FN4O4/c1-3-33-23(31)20-21(16-4-6-17(25)7-5-16)26-24(27-22(20)30)29-14-12-28(13-15-29)18-8-10-19(32-2)11-9-18/h4-11,20-21H,3,12-15H2,1-2H3,(H,26,27,30)/t20-,21-/m1/s1. The first-order chi connectivity index (χ1) is 16.0. The van der Waals surface area contributed by atoms with Crippen molar-refractivity contribution in [3.8, 4) is 5.75 Å². The topological polar surface area (TPSA) is 83.5 Å². The Morgan fingerprint density at radius 1 is 1.06 bits per heavy atom. The molecule has 174 valence electrons. The van der Waals surface area contributed by atoms with E-state index >= 15 is 0 Å². The van der Waals surface area contributed by atoms with Crippen molar-refractivity contribution in [3.63, 3.8) is 0 Å². The van der Waals surface area contributed by atoms with Gasteiger partial charge in [0.15, 0.2) is 5.92 Å². The van der Waals surface area contributed by atoms with Gasteiger partial charge in [-0.1, -0.05) is 12.1 Å². The Balaban J connectivity index is 1.53. The average Bonchev–Trinajstić information content (AvgIpc) is 2.84. The van der Waals surface area contributed by atoms with Crippen LogP contribution < -0.4 is 15.0 Å². The lowest BCUT2D eigenvalue weighted by atomic mass is 9.91. The van der Waals surface area contributed by atoms with Gasteiger partial charge in [0.2, 0.25) is 11.9 Å². The van der Waals surface area contributed by atoms with E-state index in [1.165, 1.54) is 12.1 Å². The number of nitrogens with zero attached hydrogens (tertiary/aromatic N) is 3. The molecule has 1 saturated heterocycles. The van der Waals surface area contributed by atoms with Gasteiger partial charge in [-0.05, 0) is 48.9 Å². The van der Waals surface area contributed by atoms with Crippen LogP contribution in [-0.4, -0.2) is 62.6 Å². The molecule has 0 spiro atoms. The smallest absolute Gasteiger partial charge is 0.321 e. The van der Waals surface area contributed by atoms with E-state index in [0.717, 1.165) is 24.5 Å². The number of esters is 1. The van der Waals surface area contributed by atoms with E-state index in [2.05, 4.69) is 10.2 Å². The zero-order chi connectivity index (χ0) is 23.4. The Hall–Kier alpha value is -3.62. The zero-order valence-corrected chi connectivity index (χ0v) is 18.7. The molecule has 8 nitrogen and oxygen atoms in total. The van der Waals surface area contributed by atoms with Crippen molar-refractivity contribution in [2.45, 2.75) is 13.0 Å². The SMILES string of the molecule is CCOC(=O)[C@H]1C(=O)NC(N2CCN(c3ccc(OC)cc3)CC2)=N[C@@H]1c1ccc(F)cc1. The summed E-state index contributed by atoms with van der Waals surface area (Å²) in [5, 5.41) is 2.78. The number of anilines is 1. The number of piperazine rings is 1. The number of aliphatic imine (C=N–C) groups is 1. The molecule has 9 heteroatoms. The highest BCUT2D eigenvalue weighted by molar-refractivity contribution is 6.08. The average molecular weight is 455 g/mol. The second-order valence-corrected chi connectivity index (χ2v) is 7.84. The number of halogens is 1. The second kappa shape index (κ2) is 9.89. The lowest BCUT2D eigenvalue weighted by Gasteiger charge is -2.39. The van der Waals surface area contributed by atoms with Gasteiger partial charge in [-0.2, -0.15) is 0 Å². The van der Waals surface area contributed by atoms with Crippen LogP contribution >= 0.6 is 0 Å². The van der Waals surface area contributed by atoms with Crippen LogP contribution in [0.2, 0.25) is 0 Å². The maximum atomic E-state index is 13.5. The number of amides is 1. The van der Waals surface area contributed by atoms with Crippen LogP contribution in [-0.2, 0) is 14.3 Å². The van der Waals surface area contributed by atoms with Gasteiger partial charge in [0.1, 0.15) is 17.6 Å². The number of guanidine groups is 1. The Bertz CT molecular complexity index is 1020. The molecule has 2 atom stereocenters. The number of carbonyl (C=O) groups excluding carboxylic acids is 2. The molecule has 0 unspecified atom stereocenters. The third-order valence-corrected chi connectivity index (χ3v) is 5.86. The van der Waals surface area contributed by atoms with Crippen molar-refractivity contribution in [2.75, 3.05) is 44.8 Å². The minimum absolute atomic E-state index is 0.155. The molecule has 2 aliphatic heterocycles. The summed E-state index contributed by atoms with van der Waals surface area (Å²) in [5.41, 5.74) is 1.68. The maximum absolute atomic E-state index is 13.5. The highest BCUT2D eigenvalue weighted by Crippen LogP contribution is 2.31. The molecule has 1 N–H and O–H groups in total. The molecule has 0 aliphatic carbocycles. The summed E-state index contributed by atoms with van der Waals surface area (Å²) in [4.78, 5) is 34.4. The highest BCUT2D eigenvalue weighted by atomic mass is 19.1.